The molecular weight excluding hydrogens is 422 g/mol. The van der Waals surface area contributed by atoms with Crippen molar-refractivity contribution in [2.75, 3.05) is 10.0 Å². The first kappa shape index (κ1) is 18.3. The van der Waals surface area contributed by atoms with Crippen molar-refractivity contribution in [1.29, 1.82) is 0 Å². The molecule has 0 bridgehead atoms. The molecule has 0 spiro atoms. The predicted octanol–water partition coefficient (Wildman–Crippen LogP) is 3.57. The minimum absolute atomic E-state index is 0.0187. The van der Waals surface area contributed by atoms with Gasteiger partial charge in [-0.05, 0) is 42.5 Å². The van der Waals surface area contributed by atoms with Crippen LogP contribution in [0.15, 0.2) is 72.3 Å². The van der Waals surface area contributed by atoms with Gasteiger partial charge in [0.25, 0.3) is 10.0 Å². The van der Waals surface area contributed by atoms with E-state index in [4.69, 9.17) is 0 Å². The molecule has 0 radical (unpaired) electrons. The van der Waals surface area contributed by atoms with Crippen molar-refractivity contribution in [2.45, 2.75) is 4.90 Å². The van der Waals surface area contributed by atoms with Crippen molar-refractivity contribution < 1.29 is 8.42 Å². The molecule has 0 saturated carbocycles. The highest BCUT2D eigenvalue weighted by molar-refractivity contribution is 7.92. The summed E-state index contributed by atoms with van der Waals surface area (Å²) in [5.41, 5.74) is 1.59. The molecule has 0 unspecified atom stereocenters. The first-order chi connectivity index (χ1) is 14.6. The van der Waals surface area contributed by atoms with Gasteiger partial charge in [0.05, 0.1) is 15.1 Å². The summed E-state index contributed by atoms with van der Waals surface area (Å²) in [4.78, 5) is 21.7. The van der Waals surface area contributed by atoms with Crippen LogP contribution in [0.4, 0.5) is 17.5 Å². The fourth-order valence-corrected chi connectivity index (χ4v) is 4.82. The van der Waals surface area contributed by atoms with E-state index in [-0.39, 0.29) is 10.8 Å². The molecule has 148 valence electrons. The van der Waals surface area contributed by atoms with Crippen LogP contribution in [0.1, 0.15) is 0 Å². The third kappa shape index (κ3) is 3.51. The van der Waals surface area contributed by atoms with Crippen LogP contribution in [0.25, 0.3) is 20.4 Å². The molecule has 5 aromatic rings. The van der Waals surface area contributed by atoms with Crippen LogP contribution in [-0.2, 0) is 10.0 Å². The van der Waals surface area contributed by atoms with Gasteiger partial charge in [0.1, 0.15) is 17.0 Å². The Bertz CT molecular complexity index is 1450. The van der Waals surface area contributed by atoms with Crippen molar-refractivity contribution in [3.63, 3.8) is 0 Å². The van der Waals surface area contributed by atoms with Gasteiger partial charge in [-0.3, -0.25) is 0 Å². The average Bonchev–Trinajstić information content (AvgIpc) is 3.12. The van der Waals surface area contributed by atoms with Crippen molar-refractivity contribution >= 4 is 59.2 Å². The van der Waals surface area contributed by atoms with Crippen LogP contribution >= 0.6 is 11.3 Å². The van der Waals surface area contributed by atoms with Gasteiger partial charge in [0.2, 0.25) is 5.95 Å². The standard InChI is InChI=1S/C19H13N7O2S2/c27-30(28,26-19-21-8-1-9-22-19)13-4-2-12(3-5-13)24-16-7-6-14-17-15(10-20-11-23-17)29-18(14)25-16/h1-11H,(H,24,25)(H,21,22,26). The quantitative estimate of drug-likeness (QED) is 0.429. The van der Waals surface area contributed by atoms with Crippen molar-refractivity contribution in [3.8, 4) is 0 Å². The summed E-state index contributed by atoms with van der Waals surface area (Å²) in [5, 5.41) is 4.16. The third-order valence-corrected chi connectivity index (χ3v) is 6.60. The molecule has 0 atom stereocenters. The number of fused-ring (bicyclic) bond motifs is 3. The van der Waals surface area contributed by atoms with Gasteiger partial charge in [-0.15, -0.1) is 11.3 Å². The molecule has 4 heterocycles. The maximum absolute atomic E-state index is 12.5. The lowest BCUT2D eigenvalue weighted by Gasteiger charge is -2.08. The van der Waals surface area contributed by atoms with Crippen molar-refractivity contribution in [2.24, 2.45) is 0 Å². The Labute approximate surface area is 175 Å². The van der Waals surface area contributed by atoms with E-state index >= 15 is 0 Å². The fraction of sp³-hybridized carbons (Fsp3) is 0. The van der Waals surface area contributed by atoms with Gasteiger partial charge >= 0.3 is 0 Å². The van der Waals surface area contributed by atoms with Crippen LogP contribution < -0.4 is 10.0 Å². The monoisotopic (exact) mass is 435 g/mol. The molecule has 0 aliphatic heterocycles. The molecule has 0 aliphatic rings. The molecule has 0 saturated heterocycles. The Morgan fingerprint density at radius 2 is 1.73 bits per heavy atom. The number of sulfonamides is 1. The van der Waals surface area contributed by atoms with Crippen molar-refractivity contribution in [1.82, 2.24) is 24.9 Å². The molecule has 4 aromatic heterocycles. The van der Waals surface area contributed by atoms with E-state index in [1.54, 1.807) is 24.4 Å². The molecule has 30 heavy (non-hydrogen) atoms. The topological polar surface area (TPSA) is 123 Å². The predicted molar refractivity (Wildman–Crippen MR) is 115 cm³/mol. The van der Waals surface area contributed by atoms with E-state index in [0.717, 1.165) is 20.4 Å². The highest BCUT2D eigenvalue weighted by atomic mass is 32.2. The molecule has 0 amide bonds. The van der Waals surface area contributed by atoms with E-state index in [0.29, 0.717) is 11.5 Å². The Balaban J connectivity index is 1.37. The number of nitrogens with zero attached hydrogens (tertiary/aromatic N) is 5. The smallest absolute Gasteiger partial charge is 0.264 e. The Kier molecular flexibility index (Phi) is 4.45. The maximum atomic E-state index is 12.5. The number of nitrogens with one attached hydrogen (secondary N) is 2. The summed E-state index contributed by atoms with van der Waals surface area (Å²) < 4.78 is 28.3. The van der Waals surface area contributed by atoms with Gasteiger partial charge < -0.3 is 5.32 Å². The Morgan fingerprint density at radius 3 is 2.53 bits per heavy atom. The molecule has 0 aliphatic carbocycles. The summed E-state index contributed by atoms with van der Waals surface area (Å²) in [5.74, 6) is 0.665. The van der Waals surface area contributed by atoms with Crippen LogP contribution in [-0.4, -0.2) is 33.3 Å². The van der Waals surface area contributed by atoms with Gasteiger partial charge in [-0.2, -0.15) is 0 Å². The highest BCUT2D eigenvalue weighted by Crippen LogP contribution is 2.31. The first-order valence-electron chi connectivity index (χ1n) is 8.75. The second-order valence-electron chi connectivity index (χ2n) is 6.21. The number of rotatable bonds is 5. The summed E-state index contributed by atoms with van der Waals surface area (Å²) in [6, 6.07) is 11.8. The van der Waals surface area contributed by atoms with Gasteiger partial charge in [0, 0.05) is 29.7 Å². The third-order valence-electron chi connectivity index (χ3n) is 4.23. The number of pyridine rings is 1. The minimum atomic E-state index is -3.78. The maximum Gasteiger partial charge on any atom is 0.264 e. The molecule has 9 nitrogen and oxygen atoms in total. The Hall–Kier alpha value is -3.70. The van der Waals surface area contributed by atoms with Crippen LogP contribution in [0.3, 0.4) is 0 Å². The second kappa shape index (κ2) is 7.28. The lowest BCUT2D eigenvalue weighted by molar-refractivity contribution is 0.601. The second-order valence-corrected chi connectivity index (χ2v) is 8.93. The lowest BCUT2D eigenvalue weighted by atomic mass is 10.3. The normalized spacial score (nSPS) is 11.6. The molecule has 5 rings (SSSR count). The van der Waals surface area contributed by atoms with Gasteiger partial charge in [-0.25, -0.2) is 38.1 Å². The average molecular weight is 435 g/mol. The van der Waals surface area contributed by atoms with E-state index in [1.165, 1.54) is 42.2 Å². The van der Waals surface area contributed by atoms with E-state index in [2.05, 4.69) is 35.0 Å². The van der Waals surface area contributed by atoms with Crippen LogP contribution in [0.2, 0.25) is 0 Å². The SMILES string of the molecule is O=S(=O)(Nc1ncccn1)c1ccc(Nc2ccc3c(n2)sc2cncnc23)cc1. The van der Waals surface area contributed by atoms with Crippen LogP contribution in [0, 0.1) is 0 Å². The van der Waals surface area contributed by atoms with Crippen molar-refractivity contribution in [3.05, 3.63) is 67.4 Å². The number of aromatic nitrogens is 5. The summed E-state index contributed by atoms with van der Waals surface area (Å²) in [6.45, 7) is 0. The largest absolute Gasteiger partial charge is 0.340 e. The lowest BCUT2D eigenvalue weighted by Crippen LogP contribution is -2.14. The van der Waals surface area contributed by atoms with Gasteiger partial charge in [0.15, 0.2) is 0 Å². The number of thiophene rings is 1. The molecule has 2 N–H and O–H groups in total. The van der Waals surface area contributed by atoms with E-state index < -0.39 is 10.0 Å². The van der Waals surface area contributed by atoms with Crippen LogP contribution in [0.5, 0.6) is 0 Å². The van der Waals surface area contributed by atoms with E-state index in [9.17, 15) is 8.42 Å². The zero-order valence-corrected chi connectivity index (χ0v) is 16.9. The number of hydrogen-bond acceptors (Lipinski definition) is 9. The first-order valence-corrected chi connectivity index (χ1v) is 11.0. The zero-order valence-electron chi connectivity index (χ0n) is 15.2. The van der Waals surface area contributed by atoms with E-state index in [1.807, 2.05) is 12.1 Å². The molecular formula is C19H13N7O2S2. The summed E-state index contributed by atoms with van der Waals surface area (Å²) in [7, 11) is -3.78. The molecule has 1 aromatic carbocycles. The number of benzene rings is 1. The Morgan fingerprint density at radius 1 is 0.933 bits per heavy atom. The minimum Gasteiger partial charge on any atom is -0.340 e. The van der Waals surface area contributed by atoms with Gasteiger partial charge in [-0.1, -0.05) is 0 Å². The fourth-order valence-electron chi connectivity index (χ4n) is 2.86. The summed E-state index contributed by atoms with van der Waals surface area (Å²) >= 11 is 1.52. The highest BCUT2D eigenvalue weighted by Gasteiger charge is 2.15. The number of anilines is 3. The molecule has 11 heteroatoms. The zero-order chi connectivity index (χ0) is 20.6. The number of hydrogen-bond donors (Lipinski definition) is 2. The molecule has 0 fully saturated rings. The summed E-state index contributed by atoms with van der Waals surface area (Å²) in [6.07, 6.45) is 6.22.